The van der Waals surface area contributed by atoms with Crippen LogP contribution in [0, 0.1) is 6.92 Å². The van der Waals surface area contributed by atoms with Gasteiger partial charge in [0.2, 0.25) is 0 Å². The average molecular weight is 409 g/mol. The smallest absolute Gasteiger partial charge is 0.340 e. The Balaban J connectivity index is 1.55. The zero-order valence-corrected chi connectivity index (χ0v) is 17.1. The van der Waals surface area contributed by atoms with Gasteiger partial charge in [0, 0.05) is 30.5 Å². The fourth-order valence-corrected chi connectivity index (χ4v) is 2.93. The molecule has 0 fully saturated rings. The van der Waals surface area contributed by atoms with E-state index in [4.69, 9.17) is 4.74 Å². The molecule has 0 aliphatic heterocycles. The number of hydrogen-bond donors (Lipinski definition) is 1. The predicted octanol–water partition coefficient (Wildman–Crippen LogP) is 2.32. The van der Waals surface area contributed by atoms with Gasteiger partial charge in [0.05, 0.1) is 5.56 Å². The summed E-state index contributed by atoms with van der Waals surface area (Å²) in [5.74, 6) is -0.527. The number of amides is 2. The summed E-state index contributed by atoms with van der Waals surface area (Å²) in [4.78, 5) is 38.3. The number of hydrogen-bond acceptors (Lipinski definition) is 6. The van der Waals surface area contributed by atoms with Crippen LogP contribution in [0.15, 0.2) is 42.6 Å². The van der Waals surface area contributed by atoms with E-state index in [0.717, 1.165) is 0 Å². The summed E-state index contributed by atoms with van der Waals surface area (Å²) in [6, 6.07) is 9.80. The van der Waals surface area contributed by atoms with Gasteiger partial charge in [-0.1, -0.05) is 0 Å². The predicted molar refractivity (Wildman–Crippen MR) is 110 cm³/mol. The summed E-state index contributed by atoms with van der Waals surface area (Å²) in [6.07, 6.45) is 1.57. The second kappa shape index (κ2) is 9.17. The summed E-state index contributed by atoms with van der Waals surface area (Å²) in [6.45, 7) is 6.43. The van der Waals surface area contributed by atoms with Gasteiger partial charge < -0.3 is 15.0 Å². The number of nitrogens with zero attached hydrogens (tertiary/aromatic N) is 4. The van der Waals surface area contributed by atoms with E-state index in [9.17, 15) is 14.4 Å². The molecule has 3 rings (SSSR count). The zero-order valence-electron chi connectivity index (χ0n) is 17.1. The Kier molecular flexibility index (Phi) is 6.41. The Hall–Kier alpha value is -3.75. The lowest BCUT2D eigenvalue weighted by molar-refractivity contribution is -0.119. The van der Waals surface area contributed by atoms with Gasteiger partial charge in [0.1, 0.15) is 5.82 Å². The molecule has 1 N–H and O–H groups in total. The van der Waals surface area contributed by atoms with E-state index in [1.54, 1.807) is 58.8 Å². The van der Waals surface area contributed by atoms with Crippen LogP contribution in [-0.2, 0) is 9.53 Å². The molecule has 0 bridgehead atoms. The number of esters is 1. The highest BCUT2D eigenvalue weighted by Crippen LogP contribution is 2.12. The van der Waals surface area contributed by atoms with Crippen molar-refractivity contribution in [1.82, 2.24) is 19.5 Å². The molecule has 2 amide bonds. The molecule has 0 radical (unpaired) electrons. The van der Waals surface area contributed by atoms with Gasteiger partial charge in [-0.2, -0.15) is 0 Å². The number of aromatic nitrogens is 3. The van der Waals surface area contributed by atoms with E-state index >= 15 is 0 Å². The minimum absolute atomic E-state index is 0.0629. The second-order valence-electron chi connectivity index (χ2n) is 6.57. The van der Waals surface area contributed by atoms with E-state index in [0.29, 0.717) is 35.8 Å². The lowest BCUT2D eigenvalue weighted by atomic mass is 10.2. The highest BCUT2D eigenvalue weighted by molar-refractivity contribution is 5.97. The second-order valence-corrected chi connectivity index (χ2v) is 6.57. The lowest BCUT2D eigenvalue weighted by Crippen LogP contribution is -2.30. The molecule has 2 aromatic heterocycles. The normalized spacial score (nSPS) is 10.6. The molecule has 0 saturated carbocycles. The van der Waals surface area contributed by atoms with E-state index < -0.39 is 18.5 Å². The minimum Gasteiger partial charge on any atom is -0.452 e. The molecule has 156 valence electrons. The van der Waals surface area contributed by atoms with Crippen molar-refractivity contribution >= 4 is 29.1 Å². The van der Waals surface area contributed by atoms with Crippen LogP contribution in [0.1, 0.15) is 40.4 Å². The van der Waals surface area contributed by atoms with Crippen molar-refractivity contribution in [2.45, 2.75) is 20.8 Å². The maximum absolute atomic E-state index is 12.3. The van der Waals surface area contributed by atoms with E-state index in [1.165, 1.54) is 0 Å². The number of rotatable bonds is 7. The van der Waals surface area contributed by atoms with Crippen LogP contribution >= 0.6 is 0 Å². The maximum Gasteiger partial charge on any atom is 0.340 e. The monoisotopic (exact) mass is 409 g/mol. The van der Waals surface area contributed by atoms with Gasteiger partial charge >= 0.3 is 5.97 Å². The number of pyridine rings is 1. The van der Waals surface area contributed by atoms with E-state index in [1.807, 2.05) is 13.8 Å². The number of anilines is 1. The first-order valence-corrected chi connectivity index (χ1v) is 9.60. The molecule has 3 aromatic rings. The number of fused-ring (bicyclic) bond motifs is 1. The molecule has 0 atom stereocenters. The van der Waals surface area contributed by atoms with Crippen molar-refractivity contribution in [2.75, 3.05) is 25.0 Å². The standard InChI is InChI=1S/C21H23N5O4/c1-4-25(5-2)20(28)15-6-9-17(10-7-15)22-19(27)13-30-21(29)16-8-11-18-24-23-14(3)26(18)12-16/h6-12H,4-5,13H2,1-3H3,(H,22,27). The molecule has 0 unspecified atom stereocenters. The van der Waals surface area contributed by atoms with Crippen LogP contribution < -0.4 is 5.32 Å². The van der Waals surface area contributed by atoms with Crippen molar-refractivity contribution in [3.05, 3.63) is 59.5 Å². The summed E-state index contributed by atoms with van der Waals surface area (Å²) < 4.78 is 6.75. The molecule has 1 aromatic carbocycles. The Labute approximate surface area is 173 Å². The number of ether oxygens (including phenoxy) is 1. The number of carbonyl (C=O) groups excluding carboxylic acids is 3. The maximum atomic E-state index is 12.3. The van der Waals surface area contributed by atoms with Gasteiger partial charge in [-0.25, -0.2) is 4.79 Å². The molecule has 9 heteroatoms. The topological polar surface area (TPSA) is 106 Å². The SMILES string of the molecule is CCN(CC)C(=O)c1ccc(NC(=O)COC(=O)c2ccc3nnc(C)n3c2)cc1. The van der Waals surface area contributed by atoms with Crippen LogP contribution in [0.3, 0.4) is 0 Å². The van der Waals surface area contributed by atoms with Crippen molar-refractivity contribution in [3.63, 3.8) is 0 Å². The fraction of sp³-hybridized carbons (Fsp3) is 0.286. The Morgan fingerprint density at radius 2 is 1.67 bits per heavy atom. The first-order chi connectivity index (χ1) is 14.4. The van der Waals surface area contributed by atoms with Crippen LogP contribution in [-0.4, -0.2) is 57.0 Å². The lowest BCUT2D eigenvalue weighted by Gasteiger charge is -2.18. The van der Waals surface area contributed by atoms with Gasteiger partial charge in [-0.15, -0.1) is 10.2 Å². The Morgan fingerprint density at radius 1 is 1.00 bits per heavy atom. The summed E-state index contributed by atoms with van der Waals surface area (Å²) in [7, 11) is 0. The van der Waals surface area contributed by atoms with Crippen molar-refractivity contribution in [2.24, 2.45) is 0 Å². The fourth-order valence-electron chi connectivity index (χ4n) is 2.93. The molecule has 30 heavy (non-hydrogen) atoms. The minimum atomic E-state index is -0.625. The molecule has 9 nitrogen and oxygen atoms in total. The highest BCUT2D eigenvalue weighted by Gasteiger charge is 2.14. The van der Waals surface area contributed by atoms with Crippen molar-refractivity contribution < 1.29 is 19.1 Å². The zero-order chi connectivity index (χ0) is 21.7. The third-order valence-electron chi connectivity index (χ3n) is 4.61. The first kappa shape index (κ1) is 21.0. The van der Waals surface area contributed by atoms with Crippen LogP contribution in [0.25, 0.3) is 5.65 Å². The Bertz CT molecular complexity index is 1070. The van der Waals surface area contributed by atoms with Crippen molar-refractivity contribution in [1.29, 1.82) is 0 Å². The van der Waals surface area contributed by atoms with Crippen molar-refractivity contribution in [3.8, 4) is 0 Å². The molecular formula is C21H23N5O4. The van der Waals surface area contributed by atoms with E-state index in [2.05, 4.69) is 15.5 Å². The Morgan fingerprint density at radius 3 is 2.33 bits per heavy atom. The van der Waals surface area contributed by atoms with E-state index in [-0.39, 0.29) is 11.5 Å². The summed E-state index contributed by atoms with van der Waals surface area (Å²) in [5.41, 5.74) is 1.96. The van der Waals surface area contributed by atoms with Crippen LogP contribution in [0.5, 0.6) is 0 Å². The quantitative estimate of drug-likeness (QED) is 0.600. The molecule has 0 saturated heterocycles. The summed E-state index contributed by atoms with van der Waals surface area (Å²) in [5, 5.41) is 10.5. The summed E-state index contributed by atoms with van der Waals surface area (Å²) >= 11 is 0. The van der Waals surface area contributed by atoms with Gasteiger partial charge in [0.25, 0.3) is 11.8 Å². The average Bonchev–Trinajstić information content (AvgIpc) is 3.13. The number of nitrogens with one attached hydrogen (secondary N) is 1. The number of benzene rings is 1. The molecule has 2 heterocycles. The number of aryl methyl sites for hydroxylation is 1. The molecule has 0 aliphatic rings. The largest absolute Gasteiger partial charge is 0.452 e. The van der Waals surface area contributed by atoms with Gasteiger partial charge in [0.15, 0.2) is 12.3 Å². The van der Waals surface area contributed by atoms with Crippen LogP contribution in [0.4, 0.5) is 5.69 Å². The third kappa shape index (κ3) is 4.62. The van der Waals surface area contributed by atoms with Gasteiger partial charge in [-0.3, -0.25) is 14.0 Å². The van der Waals surface area contributed by atoms with Crippen LogP contribution in [0.2, 0.25) is 0 Å². The molecule has 0 spiro atoms. The highest BCUT2D eigenvalue weighted by atomic mass is 16.5. The third-order valence-corrected chi connectivity index (χ3v) is 4.61. The molecule has 0 aliphatic carbocycles. The molecular weight excluding hydrogens is 386 g/mol. The van der Waals surface area contributed by atoms with Gasteiger partial charge in [-0.05, 0) is 57.2 Å². The first-order valence-electron chi connectivity index (χ1n) is 9.60. The number of carbonyl (C=O) groups is 3.